The summed E-state index contributed by atoms with van der Waals surface area (Å²) in [4.78, 5) is 18.3. The van der Waals surface area contributed by atoms with Crippen LogP contribution in [0, 0.1) is 0 Å². The van der Waals surface area contributed by atoms with Crippen molar-refractivity contribution in [3.63, 3.8) is 0 Å². The maximum Gasteiger partial charge on any atom is 0.288 e. The van der Waals surface area contributed by atoms with Gasteiger partial charge in [-0.15, -0.1) is 0 Å². The van der Waals surface area contributed by atoms with Gasteiger partial charge in [0.05, 0.1) is 13.2 Å². The van der Waals surface area contributed by atoms with Crippen LogP contribution in [0.3, 0.4) is 0 Å². The first-order chi connectivity index (χ1) is 23.1. The molecule has 3 heterocycles. The van der Waals surface area contributed by atoms with Crippen LogP contribution in [0.2, 0.25) is 0 Å². The Balaban J connectivity index is 0.995. The van der Waals surface area contributed by atoms with Crippen LogP contribution in [-0.2, 0) is 40.4 Å². The number of aliphatic hydroxyl groups is 1. The zero-order valence-corrected chi connectivity index (χ0v) is 26.3. The van der Waals surface area contributed by atoms with Gasteiger partial charge in [0.1, 0.15) is 0 Å². The quantitative estimate of drug-likeness (QED) is 0.234. The molecule has 0 aromatic heterocycles. The Labute approximate surface area is 274 Å². The van der Waals surface area contributed by atoms with Crippen LogP contribution in [0.15, 0.2) is 96.8 Å². The Morgan fingerprint density at radius 1 is 0.830 bits per heavy atom. The second-order valence-electron chi connectivity index (χ2n) is 12.7. The van der Waals surface area contributed by atoms with Crippen LogP contribution in [0.1, 0.15) is 45.7 Å². The molecule has 2 atom stereocenters. The molecule has 4 aromatic carbocycles. The van der Waals surface area contributed by atoms with Crippen molar-refractivity contribution in [1.82, 2.24) is 9.80 Å². The summed E-state index contributed by atoms with van der Waals surface area (Å²) in [5, 5.41) is 9.42. The zero-order chi connectivity index (χ0) is 31.7. The third-order valence-electron chi connectivity index (χ3n) is 9.70. The first-order valence-electron chi connectivity index (χ1n) is 16.4. The number of allylic oxidation sites excluding steroid dienone is 1. The minimum Gasteiger partial charge on any atom is -0.459 e. The predicted octanol–water partition coefficient (Wildman–Crippen LogP) is 5.75. The number of hydrogen-bond donors (Lipinski definition) is 1. The molecule has 240 valence electrons. The maximum atomic E-state index is 14.0. The molecule has 8 rings (SSSR count). The van der Waals surface area contributed by atoms with Gasteiger partial charge in [-0.1, -0.05) is 72.8 Å². The molecule has 1 N–H and O–H groups in total. The van der Waals surface area contributed by atoms with Crippen LogP contribution in [0.4, 0.5) is 0 Å². The van der Waals surface area contributed by atoms with Gasteiger partial charge < -0.3 is 29.0 Å². The molecule has 1 saturated heterocycles. The van der Waals surface area contributed by atoms with Gasteiger partial charge in [0.15, 0.2) is 17.3 Å². The van der Waals surface area contributed by atoms with Crippen LogP contribution >= 0.6 is 0 Å². The Kier molecular flexibility index (Phi) is 8.15. The normalized spacial score (nSPS) is 19.9. The summed E-state index contributed by atoms with van der Waals surface area (Å²) in [6, 6.07) is 28.9. The Morgan fingerprint density at radius 2 is 1.60 bits per heavy atom. The highest BCUT2D eigenvalue weighted by molar-refractivity contribution is 5.92. The summed E-state index contributed by atoms with van der Waals surface area (Å²) in [6.07, 6.45) is 2.94. The van der Waals surface area contributed by atoms with Gasteiger partial charge in [0.2, 0.25) is 13.1 Å². The van der Waals surface area contributed by atoms with Crippen molar-refractivity contribution in [3.05, 3.63) is 130 Å². The van der Waals surface area contributed by atoms with E-state index in [1.807, 2.05) is 47.4 Å². The fourth-order valence-electron chi connectivity index (χ4n) is 7.15. The monoisotopic (exact) mass is 630 g/mol. The van der Waals surface area contributed by atoms with E-state index in [9.17, 15) is 9.90 Å². The number of carbonyl (C=O) groups is 1. The molecule has 0 radical (unpaired) electrons. The smallest absolute Gasteiger partial charge is 0.288 e. The van der Waals surface area contributed by atoms with E-state index in [2.05, 4.69) is 53.4 Å². The number of aliphatic hydroxyl groups excluding tert-OH is 1. The SMILES string of the molecule is O=C(C1=C[C@@H](c2cccc3c2Cc2ccccc2-3)C[C@@H](OCc2ccc(CO)cc2)O1)N1CCN(Cc2ccc3c(c2)OCO3)CC1. The molecule has 8 heteroatoms. The summed E-state index contributed by atoms with van der Waals surface area (Å²) < 4.78 is 23.7. The lowest BCUT2D eigenvalue weighted by atomic mass is 9.87. The molecule has 1 fully saturated rings. The molecular formula is C39H38N2O6. The summed E-state index contributed by atoms with van der Waals surface area (Å²) in [5.74, 6) is 1.82. The maximum absolute atomic E-state index is 14.0. The molecular weight excluding hydrogens is 592 g/mol. The average Bonchev–Trinajstić information content (AvgIpc) is 3.75. The number of fused-ring (bicyclic) bond motifs is 4. The van der Waals surface area contributed by atoms with Crippen LogP contribution in [0.5, 0.6) is 11.5 Å². The van der Waals surface area contributed by atoms with Crippen LogP contribution in [-0.4, -0.2) is 60.1 Å². The number of hydrogen-bond acceptors (Lipinski definition) is 7. The molecule has 8 nitrogen and oxygen atoms in total. The Bertz CT molecular complexity index is 1810. The lowest BCUT2D eigenvalue weighted by molar-refractivity contribution is -0.157. The van der Waals surface area contributed by atoms with E-state index < -0.39 is 6.29 Å². The van der Waals surface area contributed by atoms with Gasteiger partial charge in [0, 0.05) is 45.1 Å². The highest BCUT2D eigenvalue weighted by Gasteiger charge is 2.34. The number of piperazine rings is 1. The first-order valence-corrected chi connectivity index (χ1v) is 16.4. The highest BCUT2D eigenvalue weighted by Crippen LogP contribution is 2.43. The van der Waals surface area contributed by atoms with Crippen LogP contribution < -0.4 is 9.47 Å². The van der Waals surface area contributed by atoms with Crippen molar-refractivity contribution in [2.75, 3.05) is 33.0 Å². The molecule has 0 bridgehead atoms. The van der Waals surface area contributed by atoms with Crippen molar-refractivity contribution in [3.8, 4) is 22.6 Å². The molecule has 4 aromatic rings. The predicted molar refractivity (Wildman–Crippen MR) is 177 cm³/mol. The fraction of sp³-hybridized carbons (Fsp3) is 0.308. The standard InChI is InChI=1S/C39H38N2O6/c42-23-26-8-10-27(11-9-26)24-44-38-21-30(32-6-3-7-33-31-5-2-1-4-29(31)19-34(32)33)20-37(47-38)39(43)41-16-14-40(15-17-41)22-28-12-13-35-36(18-28)46-25-45-35/h1-13,18,20,30,38,42H,14-17,19,21-25H2/t30-,38+/m1/s1. The minimum atomic E-state index is -0.576. The van der Waals surface area contributed by atoms with Crippen LogP contribution in [0.25, 0.3) is 11.1 Å². The van der Waals surface area contributed by atoms with Crippen molar-refractivity contribution in [2.45, 2.75) is 44.8 Å². The van der Waals surface area contributed by atoms with Gasteiger partial charge in [0.25, 0.3) is 5.91 Å². The van der Waals surface area contributed by atoms with E-state index in [0.29, 0.717) is 31.9 Å². The first kappa shape index (κ1) is 29.8. The van der Waals surface area contributed by atoms with E-state index in [1.54, 1.807) is 0 Å². The van der Waals surface area contributed by atoms with Crippen molar-refractivity contribution < 1.29 is 28.8 Å². The van der Waals surface area contributed by atoms with Crippen molar-refractivity contribution in [1.29, 1.82) is 0 Å². The van der Waals surface area contributed by atoms with E-state index in [1.165, 1.54) is 33.4 Å². The van der Waals surface area contributed by atoms with Gasteiger partial charge >= 0.3 is 0 Å². The number of ether oxygens (including phenoxy) is 4. The number of nitrogens with zero attached hydrogens (tertiary/aromatic N) is 2. The Morgan fingerprint density at radius 3 is 2.45 bits per heavy atom. The lowest BCUT2D eigenvalue weighted by Gasteiger charge is -2.37. The van der Waals surface area contributed by atoms with Crippen molar-refractivity contribution in [2.24, 2.45) is 0 Å². The molecule has 3 aliphatic heterocycles. The lowest BCUT2D eigenvalue weighted by Crippen LogP contribution is -2.49. The minimum absolute atomic E-state index is 0.00274. The van der Waals surface area contributed by atoms with Gasteiger partial charge in [-0.2, -0.15) is 0 Å². The fourth-order valence-corrected chi connectivity index (χ4v) is 7.15. The number of rotatable bonds is 8. The van der Waals surface area contributed by atoms with E-state index in [0.717, 1.165) is 48.7 Å². The van der Waals surface area contributed by atoms with E-state index in [4.69, 9.17) is 18.9 Å². The second-order valence-corrected chi connectivity index (χ2v) is 12.7. The molecule has 0 unspecified atom stereocenters. The number of amides is 1. The molecule has 0 spiro atoms. The summed E-state index contributed by atoms with van der Waals surface area (Å²) in [6.45, 7) is 4.18. The average molecular weight is 631 g/mol. The van der Waals surface area contributed by atoms with Gasteiger partial charge in [-0.05, 0) is 69.1 Å². The molecule has 4 aliphatic rings. The zero-order valence-electron chi connectivity index (χ0n) is 26.3. The molecule has 0 saturated carbocycles. The molecule has 1 amide bonds. The number of benzene rings is 4. The van der Waals surface area contributed by atoms with Gasteiger partial charge in [-0.25, -0.2) is 0 Å². The largest absolute Gasteiger partial charge is 0.459 e. The van der Waals surface area contributed by atoms with E-state index in [-0.39, 0.29) is 25.2 Å². The summed E-state index contributed by atoms with van der Waals surface area (Å²) in [7, 11) is 0. The molecule has 47 heavy (non-hydrogen) atoms. The number of carbonyl (C=O) groups excluding carboxylic acids is 1. The Hall–Kier alpha value is -4.63. The third kappa shape index (κ3) is 6.12. The topological polar surface area (TPSA) is 80.7 Å². The summed E-state index contributed by atoms with van der Waals surface area (Å²) >= 11 is 0. The summed E-state index contributed by atoms with van der Waals surface area (Å²) in [5.41, 5.74) is 9.44. The van der Waals surface area contributed by atoms with Gasteiger partial charge in [-0.3, -0.25) is 9.69 Å². The van der Waals surface area contributed by atoms with Crippen molar-refractivity contribution >= 4 is 5.91 Å². The second kappa shape index (κ2) is 12.9. The highest BCUT2D eigenvalue weighted by atomic mass is 16.7. The van der Waals surface area contributed by atoms with E-state index >= 15 is 0 Å². The third-order valence-corrected chi connectivity index (χ3v) is 9.70. The molecule has 1 aliphatic carbocycles.